The highest BCUT2D eigenvalue weighted by molar-refractivity contribution is 6.32. The number of carbonyl (C=O) groups is 1. The van der Waals surface area contributed by atoms with Crippen LogP contribution in [0, 0.1) is 11.3 Å². The monoisotopic (exact) mass is 293 g/mol. The van der Waals surface area contributed by atoms with Gasteiger partial charge in [0.2, 0.25) is 0 Å². The number of carbonyl (C=O) groups excluding carboxylic acids is 1. The summed E-state index contributed by atoms with van der Waals surface area (Å²) in [6, 6.07) is 7.63. The van der Waals surface area contributed by atoms with E-state index in [2.05, 4.69) is 5.32 Å². The zero-order valence-electron chi connectivity index (χ0n) is 11.2. The zero-order chi connectivity index (χ0) is 14.5. The lowest BCUT2D eigenvalue weighted by Crippen LogP contribution is -2.42. The molecule has 1 saturated heterocycles. The number of hydrogen-bond donors (Lipinski definition) is 1. The maximum Gasteiger partial charge on any atom is 0.409 e. The van der Waals surface area contributed by atoms with Gasteiger partial charge in [0, 0.05) is 24.8 Å². The number of rotatable bonds is 2. The van der Waals surface area contributed by atoms with E-state index in [1.165, 1.54) is 7.11 Å². The van der Waals surface area contributed by atoms with Gasteiger partial charge < -0.3 is 15.0 Å². The van der Waals surface area contributed by atoms with Gasteiger partial charge in [-0.2, -0.15) is 5.26 Å². The molecule has 1 amide bonds. The maximum absolute atomic E-state index is 11.4. The average Bonchev–Trinajstić information content (AvgIpc) is 2.47. The number of ether oxygens (including phenoxy) is 1. The molecule has 1 aliphatic rings. The molecule has 0 aromatic heterocycles. The van der Waals surface area contributed by atoms with Crippen LogP contribution in [0.5, 0.6) is 0 Å². The molecule has 0 bridgehead atoms. The number of hydrogen-bond acceptors (Lipinski definition) is 4. The Morgan fingerprint density at radius 2 is 2.20 bits per heavy atom. The molecule has 106 valence electrons. The number of nitrogens with one attached hydrogen (secondary N) is 1. The summed E-state index contributed by atoms with van der Waals surface area (Å²) in [6.07, 6.45) is 1.43. The van der Waals surface area contributed by atoms with Crippen molar-refractivity contribution in [1.29, 1.82) is 5.26 Å². The molecule has 1 aromatic rings. The van der Waals surface area contributed by atoms with Crippen molar-refractivity contribution in [2.75, 3.05) is 25.5 Å². The highest BCUT2D eigenvalue weighted by Crippen LogP contribution is 2.23. The second kappa shape index (κ2) is 6.49. The number of nitriles is 1. The van der Waals surface area contributed by atoms with Crippen LogP contribution in [-0.2, 0) is 4.74 Å². The number of methoxy groups -OCH3 is 1. The first kappa shape index (κ1) is 14.5. The van der Waals surface area contributed by atoms with E-state index in [1.54, 1.807) is 17.0 Å². The Labute approximate surface area is 123 Å². The molecule has 2 rings (SSSR count). The Balaban J connectivity index is 1.91. The van der Waals surface area contributed by atoms with Crippen molar-refractivity contribution < 1.29 is 9.53 Å². The molecule has 5 nitrogen and oxygen atoms in total. The molecule has 1 aliphatic heterocycles. The van der Waals surface area contributed by atoms with Crippen LogP contribution in [0.1, 0.15) is 18.4 Å². The third-order valence-electron chi connectivity index (χ3n) is 3.39. The Morgan fingerprint density at radius 1 is 1.50 bits per heavy atom. The van der Waals surface area contributed by atoms with Crippen molar-refractivity contribution >= 4 is 23.4 Å². The summed E-state index contributed by atoms with van der Waals surface area (Å²) < 4.78 is 4.70. The first-order valence-corrected chi connectivity index (χ1v) is 6.81. The smallest absolute Gasteiger partial charge is 0.409 e. The van der Waals surface area contributed by atoms with E-state index in [0.717, 1.165) is 18.5 Å². The van der Waals surface area contributed by atoms with Crippen molar-refractivity contribution in [3.8, 4) is 6.07 Å². The minimum atomic E-state index is -0.273. The number of amides is 1. The van der Waals surface area contributed by atoms with Gasteiger partial charge >= 0.3 is 6.09 Å². The molecule has 1 N–H and O–H groups in total. The van der Waals surface area contributed by atoms with E-state index in [-0.39, 0.29) is 6.09 Å². The minimum absolute atomic E-state index is 0.273. The lowest BCUT2D eigenvalue weighted by molar-refractivity contribution is 0.113. The third kappa shape index (κ3) is 3.34. The fraction of sp³-hybridized carbons (Fsp3) is 0.429. The van der Waals surface area contributed by atoms with E-state index < -0.39 is 0 Å². The van der Waals surface area contributed by atoms with Crippen LogP contribution in [0.4, 0.5) is 10.5 Å². The van der Waals surface area contributed by atoms with Crippen molar-refractivity contribution in [2.45, 2.75) is 18.9 Å². The standard InChI is InChI=1S/C14H16ClN3O2/c1-20-14(19)18-6-4-11(5-7-18)17-12-3-2-10(9-16)13(15)8-12/h2-3,8,11,17H,4-7H2,1H3. The summed E-state index contributed by atoms with van der Waals surface area (Å²) >= 11 is 6.00. The van der Waals surface area contributed by atoms with Crippen molar-refractivity contribution in [2.24, 2.45) is 0 Å². The van der Waals surface area contributed by atoms with Gasteiger partial charge in [0.1, 0.15) is 6.07 Å². The Kier molecular flexibility index (Phi) is 4.70. The van der Waals surface area contributed by atoms with Gasteiger partial charge in [0.05, 0.1) is 17.7 Å². The Bertz CT molecular complexity index is 534. The molecule has 0 spiro atoms. The fourth-order valence-corrected chi connectivity index (χ4v) is 2.49. The molecule has 6 heteroatoms. The second-order valence-corrected chi connectivity index (χ2v) is 5.09. The fourth-order valence-electron chi connectivity index (χ4n) is 2.27. The molecule has 20 heavy (non-hydrogen) atoms. The third-order valence-corrected chi connectivity index (χ3v) is 3.70. The van der Waals surface area contributed by atoms with Gasteiger partial charge in [-0.05, 0) is 31.0 Å². The van der Waals surface area contributed by atoms with Gasteiger partial charge in [-0.15, -0.1) is 0 Å². The first-order valence-electron chi connectivity index (χ1n) is 6.43. The molecule has 0 aliphatic carbocycles. The molecule has 0 saturated carbocycles. The van der Waals surface area contributed by atoms with E-state index in [0.29, 0.717) is 29.7 Å². The van der Waals surface area contributed by atoms with Crippen LogP contribution in [0.25, 0.3) is 0 Å². The van der Waals surface area contributed by atoms with Gasteiger partial charge in [0.15, 0.2) is 0 Å². The zero-order valence-corrected chi connectivity index (χ0v) is 12.0. The van der Waals surface area contributed by atoms with Crippen LogP contribution < -0.4 is 5.32 Å². The topological polar surface area (TPSA) is 65.4 Å². The molecular formula is C14H16ClN3O2. The average molecular weight is 294 g/mol. The van der Waals surface area contributed by atoms with Gasteiger partial charge in [-0.25, -0.2) is 4.79 Å². The van der Waals surface area contributed by atoms with E-state index in [1.807, 2.05) is 12.1 Å². The van der Waals surface area contributed by atoms with Crippen molar-refractivity contribution in [3.63, 3.8) is 0 Å². The summed E-state index contributed by atoms with van der Waals surface area (Å²) in [5, 5.41) is 12.7. The van der Waals surface area contributed by atoms with Crippen LogP contribution in [0.15, 0.2) is 18.2 Å². The predicted octanol–water partition coefficient (Wildman–Crippen LogP) is 2.85. The second-order valence-electron chi connectivity index (χ2n) is 4.68. The molecular weight excluding hydrogens is 278 g/mol. The Morgan fingerprint density at radius 3 is 2.75 bits per heavy atom. The quantitative estimate of drug-likeness (QED) is 0.910. The lowest BCUT2D eigenvalue weighted by Gasteiger charge is -2.31. The summed E-state index contributed by atoms with van der Waals surface area (Å²) in [5.41, 5.74) is 1.36. The first-order chi connectivity index (χ1) is 9.63. The minimum Gasteiger partial charge on any atom is -0.453 e. The normalized spacial score (nSPS) is 15.6. The number of piperidine rings is 1. The molecule has 0 unspecified atom stereocenters. The van der Waals surface area contributed by atoms with Crippen LogP contribution in [-0.4, -0.2) is 37.2 Å². The molecule has 1 fully saturated rings. The number of halogens is 1. The van der Waals surface area contributed by atoms with Gasteiger partial charge in [0.25, 0.3) is 0 Å². The Hall–Kier alpha value is -1.93. The molecule has 1 heterocycles. The van der Waals surface area contributed by atoms with Gasteiger partial charge in [-0.3, -0.25) is 0 Å². The van der Waals surface area contributed by atoms with E-state index in [4.69, 9.17) is 21.6 Å². The lowest BCUT2D eigenvalue weighted by atomic mass is 10.0. The summed E-state index contributed by atoms with van der Waals surface area (Å²) in [6.45, 7) is 1.35. The van der Waals surface area contributed by atoms with Crippen molar-refractivity contribution in [3.05, 3.63) is 28.8 Å². The highest BCUT2D eigenvalue weighted by Gasteiger charge is 2.23. The number of nitrogens with zero attached hydrogens (tertiary/aromatic N) is 2. The summed E-state index contributed by atoms with van der Waals surface area (Å²) in [4.78, 5) is 13.1. The molecule has 0 radical (unpaired) electrons. The number of anilines is 1. The van der Waals surface area contributed by atoms with Crippen LogP contribution >= 0.6 is 11.6 Å². The maximum atomic E-state index is 11.4. The molecule has 1 aromatic carbocycles. The van der Waals surface area contributed by atoms with Crippen LogP contribution in [0.3, 0.4) is 0 Å². The van der Waals surface area contributed by atoms with Crippen LogP contribution in [0.2, 0.25) is 5.02 Å². The number of likely N-dealkylation sites (tertiary alicyclic amines) is 1. The SMILES string of the molecule is COC(=O)N1CCC(Nc2ccc(C#N)c(Cl)c2)CC1. The van der Waals surface area contributed by atoms with Gasteiger partial charge in [-0.1, -0.05) is 11.6 Å². The van der Waals surface area contributed by atoms with E-state index in [9.17, 15) is 4.79 Å². The predicted molar refractivity (Wildman–Crippen MR) is 76.8 cm³/mol. The largest absolute Gasteiger partial charge is 0.453 e. The number of benzene rings is 1. The highest BCUT2D eigenvalue weighted by atomic mass is 35.5. The summed E-state index contributed by atoms with van der Waals surface area (Å²) in [7, 11) is 1.39. The van der Waals surface area contributed by atoms with Crippen molar-refractivity contribution in [1.82, 2.24) is 4.90 Å². The van der Waals surface area contributed by atoms with E-state index >= 15 is 0 Å². The summed E-state index contributed by atoms with van der Waals surface area (Å²) in [5.74, 6) is 0. The molecule has 0 atom stereocenters.